The normalized spacial score (nSPS) is 20.0. The zero-order valence-corrected chi connectivity index (χ0v) is 25.5. The van der Waals surface area contributed by atoms with Crippen LogP contribution in [0.2, 0.25) is 0 Å². The van der Waals surface area contributed by atoms with Crippen molar-refractivity contribution in [3.63, 3.8) is 0 Å². The van der Waals surface area contributed by atoms with Crippen LogP contribution in [0.1, 0.15) is 53.9 Å². The minimum absolute atomic E-state index is 0.0343. The maximum atomic E-state index is 14.1. The lowest BCUT2D eigenvalue weighted by molar-refractivity contribution is -0.149. The van der Waals surface area contributed by atoms with E-state index in [0.29, 0.717) is 64.2 Å². The number of anilines is 1. The van der Waals surface area contributed by atoms with E-state index in [1.54, 1.807) is 15.9 Å². The summed E-state index contributed by atoms with van der Waals surface area (Å²) in [4.78, 5) is 59.3. The maximum absolute atomic E-state index is 14.1. The predicted molar refractivity (Wildman–Crippen MR) is 159 cm³/mol. The number of hydrogen-bond donors (Lipinski definition) is 0. The summed E-state index contributed by atoms with van der Waals surface area (Å²) < 4.78 is 10.9. The molecule has 2 saturated heterocycles. The van der Waals surface area contributed by atoms with Crippen molar-refractivity contribution in [2.75, 3.05) is 50.9 Å². The summed E-state index contributed by atoms with van der Waals surface area (Å²) in [6.07, 6.45) is 6.60. The van der Waals surface area contributed by atoms with E-state index in [9.17, 15) is 19.2 Å². The summed E-state index contributed by atoms with van der Waals surface area (Å²) in [5, 5.41) is 0. The Labute approximate surface area is 248 Å². The number of carbonyl (C=O) groups is 4. The SMILES string of the molecule is CCN(CC)C(=O)COC(=O)C1=CC=CC(CN2CN(c3ccccc3)C3(CCN(C(=O)OC(C)(C)C)CC3)C2=O)C1. The highest BCUT2D eigenvalue weighted by Crippen LogP contribution is 2.40. The second-order valence-electron chi connectivity index (χ2n) is 12.1. The van der Waals surface area contributed by atoms with Crippen molar-refractivity contribution >= 4 is 29.6 Å². The number of ether oxygens (including phenoxy) is 2. The highest BCUT2D eigenvalue weighted by atomic mass is 16.6. The molecule has 10 heteroatoms. The third-order valence-corrected chi connectivity index (χ3v) is 8.15. The topological polar surface area (TPSA) is 99.7 Å². The third-order valence-electron chi connectivity index (χ3n) is 8.15. The number of piperidine rings is 1. The van der Waals surface area contributed by atoms with Gasteiger partial charge in [0.2, 0.25) is 5.91 Å². The van der Waals surface area contributed by atoms with Crippen molar-refractivity contribution in [1.82, 2.24) is 14.7 Å². The van der Waals surface area contributed by atoms with E-state index in [2.05, 4.69) is 4.90 Å². The number of likely N-dealkylation sites (N-methyl/N-ethyl adjacent to an activating group) is 1. The standard InChI is InChI=1S/C32H44N4O6/c1-6-33(7-2)27(37)22-41-28(38)25-13-11-12-24(20-25)21-35-23-36(26-14-9-8-10-15-26)32(29(35)39)16-18-34(19-17-32)30(40)42-31(3,4)5/h8-15,24H,6-7,16-23H2,1-5H3. The molecular formula is C32H44N4O6. The average Bonchev–Trinajstić information content (AvgIpc) is 3.22. The van der Waals surface area contributed by atoms with Crippen LogP contribution in [0.15, 0.2) is 54.1 Å². The Balaban J connectivity index is 1.43. The molecule has 3 aliphatic rings. The van der Waals surface area contributed by atoms with Crippen LogP contribution in [-0.2, 0) is 23.9 Å². The van der Waals surface area contributed by atoms with Crippen LogP contribution in [0.5, 0.6) is 0 Å². The number of allylic oxidation sites excluding steroid dienone is 2. The van der Waals surface area contributed by atoms with Gasteiger partial charge in [0, 0.05) is 44.0 Å². The number of carbonyl (C=O) groups excluding carboxylic acids is 4. The van der Waals surface area contributed by atoms with Crippen LogP contribution in [0.25, 0.3) is 0 Å². The van der Waals surface area contributed by atoms with Crippen molar-refractivity contribution in [2.24, 2.45) is 5.92 Å². The Morgan fingerprint density at radius 2 is 1.71 bits per heavy atom. The fraction of sp³-hybridized carbons (Fsp3) is 0.562. The number of benzene rings is 1. The van der Waals surface area contributed by atoms with Gasteiger partial charge in [0.25, 0.3) is 5.91 Å². The summed E-state index contributed by atoms with van der Waals surface area (Å²) in [6, 6.07) is 9.89. The molecule has 2 heterocycles. The van der Waals surface area contributed by atoms with Crippen LogP contribution in [0.3, 0.4) is 0 Å². The van der Waals surface area contributed by atoms with Crippen LogP contribution in [0, 0.1) is 5.92 Å². The van der Waals surface area contributed by atoms with Crippen molar-refractivity contribution < 1.29 is 28.7 Å². The highest BCUT2D eigenvalue weighted by molar-refractivity contribution is 5.94. The summed E-state index contributed by atoms with van der Waals surface area (Å²) in [7, 11) is 0. The molecule has 2 aliphatic heterocycles. The Morgan fingerprint density at radius 3 is 2.33 bits per heavy atom. The lowest BCUT2D eigenvalue weighted by Gasteiger charge is -2.43. The van der Waals surface area contributed by atoms with E-state index in [4.69, 9.17) is 9.47 Å². The molecule has 1 aliphatic carbocycles. The van der Waals surface area contributed by atoms with Gasteiger partial charge < -0.3 is 29.1 Å². The minimum Gasteiger partial charge on any atom is -0.452 e. The fourth-order valence-corrected chi connectivity index (χ4v) is 5.92. The van der Waals surface area contributed by atoms with Gasteiger partial charge in [-0.2, -0.15) is 0 Å². The number of rotatable bonds is 8. The Kier molecular flexibility index (Phi) is 9.64. The molecule has 0 aromatic heterocycles. The molecule has 0 saturated carbocycles. The summed E-state index contributed by atoms with van der Waals surface area (Å²) in [5.41, 5.74) is 0.0962. The second-order valence-corrected chi connectivity index (χ2v) is 12.1. The average molecular weight is 581 g/mol. The summed E-state index contributed by atoms with van der Waals surface area (Å²) in [5.74, 6) is -0.764. The smallest absolute Gasteiger partial charge is 0.410 e. The van der Waals surface area contributed by atoms with Gasteiger partial charge in [-0.1, -0.05) is 36.4 Å². The van der Waals surface area contributed by atoms with Gasteiger partial charge in [-0.25, -0.2) is 9.59 Å². The number of nitrogens with zero attached hydrogens (tertiary/aromatic N) is 4. The quantitative estimate of drug-likeness (QED) is 0.429. The van der Waals surface area contributed by atoms with Gasteiger partial charge >= 0.3 is 12.1 Å². The van der Waals surface area contributed by atoms with E-state index in [1.165, 1.54) is 0 Å². The molecule has 1 aromatic rings. The lowest BCUT2D eigenvalue weighted by atomic mass is 9.85. The zero-order chi connectivity index (χ0) is 30.5. The molecule has 1 spiro atoms. The zero-order valence-electron chi connectivity index (χ0n) is 25.5. The molecule has 228 valence electrons. The van der Waals surface area contributed by atoms with Gasteiger partial charge in [-0.3, -0.25) is 9.59 Å². The van der Waals surface area contributed by atoms with E-state index in [1.807, 2.05) is 82.0 Å². The number of para-hydroxylation sites is 1. The Morgan fingerprint density at radius 1 is 1.05 bits per heavy atom. The minimum atomic E-state index is -0.763. The van der Waals surface area contributed by atoms with E-state index in [0.717, 1.165) is 5.69 Å². The Hall–Kier alpha value is -3.82. The maximum Gasteiger partial charge on any atom is 0.410 e. The lowest BCUT2D eigenvalue weighted by Crippen LogP contribution is -2.57. The molecule has 1 aromatic carbocycles. The summed E-state index contributed by atoms with van der Waals surface area (Å²) >= 11 is 0. The molecule has 4 rings (SSSR count). The third kappa shape index (κ3) is 6.97. The van der Waals surface area contributed by atoms with Crippen molar-refractivity contribution in [1.29, 1.82) is 0 Å². The molecule has 0 bridgehead atoms. The number of esters is 1. The van der Waals surface area contributed by atoms with Crippen molar-refractivity contribution in [3.05, 3.63) is 54.1 Å². The van der Waals surface area contributed by atoms with Crippen molar-refractivity contribution in [2.45, 2.75) is 65.0 Å². The molecular weight excluding hydrogens is 536 g/mol. The first-order chi connectivity index (χ1) is 20.0. The van der Waals surface area contributed by atoms with Crippen LogP contribution >= 0.6 is 0 Å². The molecule has 42 heavy (non-hydrogen) atoms. The molecule has 0 radical (unpaired) electrons. The van der Waals surface area contributed by atoms with Crippen LogP contribution < -0.4 is 4.90 Å². The van der Waals surface area contributed by atoms with Crippen molar-refractivity contribution in [3.8, 4) is 0 Å². The largest absolute Gasteiger partial charge is 0.452 e. The van der Waals surface area contributed by atoms with E-state index < -0.39 is 17.1 Å². The van der Waals surface area contributed by atoms with Gasteiger partial charge in [0.15, 0.2) is 6.61 Å². The molecule has 3 amide bonds. The Bertz CT molecular complexity index is 1210. The van der Waals surface area contributed by atoms with Gasteiger partial charge in [-0.15, -0.1) is 0 Å². The van der Waals surface area contributed by atoms with E-state index in [-0.39, 0.29) is 30.4 Å². The fourth-order valence-electron chi connectivity index (χ4n) is 5.92. The molecule has 2 fully saturated rings. The molecule has 0 N–H and O–H groups in total. The van der Waals surface area contributed by atoms with Crippen LogP contribution in [-0.4, -0.2) is 95.7 Å². The summed E-state index contributed by atoms with van der Waals surface area (Å²) in [6.45, 7) is 11.8. The van der Waals surface area contributed by atoms with Gasteiger partial charge in [0.05, 0.1) is 6.67 Å². The monoisotopic (exact) mass is 580 g/mol. The van der Waals surface area contributed by atoms with E-state index >= 15 is 0 Å². The van der Waals surface area contributed by atoms with Crippen LogP contribution in [0.4, 0.5) is 10.5 Å². The first-order valence-electron chi connectivity index (χ1n) is 14.9. The molecule has 1 unspecified atom stereocenters. The first-order valence-corrected chi connectivity index (χ1v) is 14.9. The second kappa shape index (κ2) is 13.0. The predicted octanol–water partition coefficient (Wildman–Crippen LogP) is 3.98. The highest BCUT2D eigenvalue weighted by Gasteiger charge is 2.54. The van der Waals surface area contributed by atoms with Gasteiger partial charge in [0.1, 0.15) is 11.1 Å². The number of likely N-dealkylation sites (tertiary alicyclic amines) is 1. The molecule has 1 atom stereocenters. The first kappa shape index (κ1) is 31.1. The number of hydrogen-bond acceptors (Lipinski definition) is 7. The van der Waals surface area contributed by atoms with Gasteiger partial charge in [-0.05, 0) is 71.9 Å². The number of amides is 3. The molecule has 10 nitrogen and oxygen atoms in total.